The fourth-order valence-corrected chi connectivity index (χ4v) is 14.0. The number of halogens is 2. The minimum Gasteiger partial charge on any atom is -0.294 e. The molecule has 0 atom stereocenters. The zero-order valence-electron chi connectivity index (χ0n) is 24.6. The molecular formula is C35H46Cl2N2S2Si. The average molecular weight is 658 g/mol. The number of hydrogen-bond acceptors (Lipinski definition) is 4. The van der Waals surface area contributed by atoms with Gasteiger partial charge in [0.25, 0.3) is 0 Å². The summed E-state index contributed by atoms with van der Waals surface area (Å²) in [6, 6.07) is 25.3. The van der Waals surface area contributed by atoms with E-state index in [0.717, 1.165) is 49.3 Å². The van der Waals surface area contributed by atoms with Crippen molar-refractivity contribution in [1.82, 2.24) is 9.80 Å². The number of rotatable bonds is 8. The lowest BCUT2D eigenvalue weighted by atomic mass is 10.1. The van der Waals surface area contributed by atoms with E-state index in [0.29, 0.717) is 0 Å². The van der Waals surface area contributed by atoms with E-state index >= 15 is 0 Å². The first-order valence-corrected chi connectivity index (χ1v) is 20.1. The van der Waals surface area contributed by atoms with Gasteiger partial charge in [-0.2, -0.15) is 0 Å². The number of benzene rings is 2. The molecule has 4 heterocycles. The third kappa shape index (κ3) is 7.79. The highest BCUT2D eigenvalue weighted by Crippen LogP contribution is 2.31. The maximum atomic E-state index is 6.34. The van der Waals surface area contributed by atoms with E-state index in [1.807, 2.05) is 35.6 Å². The number of thiophene rings is 2. The molecule has 0 amide bonds. The van der Waals surface area contributed by atoms with Crippen LogP contribution in [0.3, 0.4) is 0 Å². The Morgan fingerprint density at radius 1 is 0.714 bits per heavy atom. The molecular weight excluding hydrogens is 612 g/mol. The molecule has 0 aliphatic carbocycles. The molecule has 0 spiro atoms. The molecule has 2 aliphatic heterocycles. The van der Waals surface area contributed by atoms with Crippen LogP contribution >= 0.6 is 45.9 Å². The number of nitrogens with zero attached hydrogens (tertiary/aromatic N) is 2. The summed E-state index contributed by atoms with van der Waals surface area (Å²) in [6.07, 6.45) is 2.38. The van der Waals surface area contributed by atoms with Crippen molar-refractivity contribution in [3.63, 3.8) is 0 Å². The van der Waals surface area contributed by atoms with Crippen molar-refractivity contribution in [3.05, 3.63) is 108 Å². The second-order valence-electron chi connectivity index (χ2n) is 11.4. The molecule has 42 heavy (non-hydrogen) atoms. The Bertz CT molecular complexity index is 1420. The van der Waals surface area contributed by atoms with E-state index in [1.54, 1.807) is 19.8 Å². The van der Waals surface area contributed by atoms with Crippen LogP contribution in [0.1, 0.15) is 60.2 Å². The lowest BCUT2D eigenvalue weighted by Crippen LogP contribution is -2.43. The van der Waals surface area contributed by atoms with Crippen molar-refractivity contribution < 1.29 is 0 Å². The van der Waals surface area contributed by atoms with Crippen molar-refractivity contribution in [2.24, 2.45) is 0 Å². The van der Waals surface area contributed by atoms with Crippen LogP contribution in [0, 0.1) is 0 Å². The minimum absolute atomic E-state index is 0. The molecule has 2 aromatic carbocycles. The van der Waals surface area contributed by atoms with Gasteiger partial charge in [-0.3, -0.25) is 9.80 Å². The summed E-state index contributed by atoms with van der Waals surface area (Å²) in [7, 11) is -1.24. The zero-order chi connectivity index (χ0) is 28.8. The fourth-order valence-electron chi connectivity index (χ4n) is 6.24. The minimum atomic E-state index is -1.24. The van der Waals surface area contributed by atoms with Gasteiger partial charge in [0.1, 0.15) is 0 Å². The summed E-state index contributed by atoms with van der Waals surface area (Å²) in [4.78, 5) is 8.22. The Kier molecular flexibility index (Phi) is 12.4. The third-order valence-corrected chi connectivity index (χ3v) is 18.8. The molecule has 226 valence electrons. The quantitative estimate of drug-likeness (QED) is 0.174. The van der Waals surface area contributed by atoms with Gasteiger partial charge in [-0.25, -0.2) is 0 Å². The summed E-state index contributed by atoms with van der Waals surface area (Å²) < 4.78 is 1.75. The van der Waals surface area contributed by atoms with Crippen molar-refractivity contribution in [3.8, 4) is 0 Å². The van der Waals surface area contributed by atoms with E-state index in [9.17, 15) is 0 Å². The smallest absolute Gasteiger partial charge is 0.0987 e. The van der Waals surface area contributed by atoms with E-state index in [-0.39, 0.29) is 7.43 Å². The van der Waals surface area contributed by atoms with Crippen LogP contribution in [0.4, 0.5) is 0 Å². The molecule has 0 bridgehead atoms. The molecule has 0 saturated heterocycles. The SMILES string of the molecule is C.CC[Si](CC)(CC)c1cc2c(s1)CCN(Cc1ccccc1Cl)C2.Clc1ccccc1CN1CCc2sccc2C1. The third-order valence-electron chi connectivity index (χ3n) is 9.09. The van der Waals surface area contributed by atoms with Gasteiger partial charge in [-0.05, 0) is 69.2 Å². The lowest BCUT2D eigenvalue weighted by Gasteiger charge is -2.27. The summed E-state index contributed by atoms with van der Waals surface area (Å²) in [5, 5.41) is 3.97. The lowest BCUT2D eigenvalue weighted by molar-refractivity contribution is 0.247. The van der Waals surface area contributed by atoms with Crippen LogP contribution in [0.25, 0.3) is 0 Å². The van der Waals surface area contributed by atoms with Crippen molar-refractivity contribution in [2.45, 2.75) is 85.4 Å². The van der Waals surface area contributed by atoms with Crippen LogP contribution in [-0.2, 0) is 39.0 Å². The van der Waals surface area contributed by atoms with Gasteiger partial charge in [-0.1, -0.05) is 106 Å². The van der Waals surface area contributed by atoms with Gasteiger partial charge in [-0.15, -0.1) is 22.7 Å². The first-order valence-electron chi connectivity index (χ1n) is 15.0. The van der Waals surface area contributed by atoms with Crippen molar-refractivity contribution in [1.29, 1.82) is 0 Å². The Balaban J connectivity index is 0.000000198. The van der Waals surface area contributed by atoms with E-state index in [4.69, 9.17) is 23.2 Å². The Hall–Kier alpha value is -1.44. The molecule has 2 nitrogen and oxygen atoms in total. The first-order chi connectivity index (χ1) is 19.9. The largest absolute Gasteiger partial charge is 0.294 e. The zero-order valence-corrected chi connectivity index (χ0v) is 28.7. The van der Waals surface area contributed by atoms with Crippen molar-refractivity contribution in [2.75, 3.05) is 13.1 Å². The summed E-state index contributed by atoms with van der Waals surface area (Å²) in [5.41, 5.74) is 5.55. The van der Waals surface area contributed by atoms with Gasteiger partial charge >= 0.3 is 0 Å². The van der Waals surface area contributed by atoms with Crippen molar-refractivity contribution >= 4 is 58.4 Å². The highest BCUT2D eigenvalue weighted by Gasteiger charge is 2.33. The van der Waals surface area contributed by atoms with Crippen LogP contribution < -0.4 is 4.50 Å². The predicted molar refractivity (Wildman–Crippen MR) is 191 cm³/mol. The van der Waals surface area contributed by atoms with Crippen LogP contribution in [0.15, 0.2) is 66.0 Å². The maximum Gasteiger partial charge on any atom is 0.0987 e. The molecule has 2 aromatic heterocycles. The average Bonchev–Trinajstić information content (AvgIpc) is 3.64. The second kappa shape index (κ2) is 15.5. The fraction of sp³-hybridized carbons (Fsp3) is 0.429. The van der Waals surface area contributed by atoms with E-state index in [2.05, 4.69) is 83.7 Å². The van der Waals surface area contributed by atoms with Gasteiger partial charge < -0.3 is 0 Å². The molecule has 0 fully saturated rings. The molecule has 0 N–H and O–H groups in total. The van der Waals surface area contributed by atoms with Crippen LogP contribution in [0.5, 0.6) is 0 Å². The van der Waals surface area contributed by atoms with Crippen LogP contribution in [0.2, 0.25) is 28.2 Å². The molecule has 6 rings (SSSR count). The summed E-state index contributed by atoms with van der Waals surface area (Å²) in [6.45, 7) is 13.6. The molecule has 0 unspecified atom stereocenters. The normalized spacial score (nSPS) is 15.3. The molecule has 0 radical (unpaired) electrons. The second-order valence-corrected chi connectivity index (χ2v) is 19.9. The summed E-state index contributed by atoms with van der Waals surface area (Å²) in [5.74, 6) is 0. The Morgan fingerprint density at radius 2 is 1.24 bits per heavy atom. The van der Waals surface area contributed by atoms with Crippen LogP contribution in [-0.4, -0.2) is 31.0 Å². The highest BCUT2D eigenvalue weighted by atomic mass is 35.5. The first kappa shape index (κ1) is 33.4. The molecule has 0 saturated carbocycles. The number of fused-ring (bicyclic) bond motifs is 2. The van der Waals surface area contributed by atoms with E-state index < -0.39 is 8.07 Å². The standard InChI is InChI=1S/C20H28ClNSSi.C14H14ClNS.CH4/c1-4-24(5-2,6-3)20-13-17-15-22(12-11-19(17)23-20)14-16-9-7-8-10-18(16)21;15-13-4-2-1-3-11(13)9-16-7-5-14-12(10-16)6-8-17-14;/h7-10,13H,4-6,11-12,14-15H2,1-3H3;1-4,6,8H,5,7,9-10H2;1H4. The summed E-state index contributed by atoms with van der Waals surface area (Å²) >= 11 is 16.6. The monoisotopic (exact) mass is 656 g/mol. The Morgan fingerprint density at radius 3 is 1.79 bits per heavy atom. The van der Waals surface area contributed by atoms with Gasteiger partial charge in [0.2, 0.25) is 0 Å². The highest BCUT2D eigenvalue weighted by molar-refractivity contribution is 7.27. The molecule has 7 heteroatoms. The maximum absolute atomic E-state index is 6.34. The van der Waals surface area contributed by atoms with Gasteiger partial charge in [0, 0.05) is 59.1 Å². The Labute approximate surface area is 273 Å². The molecule has 4 aromatic rings. The topological polar surface area (TPSA) is 6.48 Å². The van der Waals surface area contributed by atoms with Gasteiger partial charge in [0.15, 0.2) is 0 Å². The van der Waals surface area contributed by atoms with Gasteiger partial charge in [0.05, 0.1) is 8.07 Å². The number of hydrogen-bond donors (Lipinski definition) is 0. The predicted octanol–water partition coefficient (Wildman–Crippen LogP) is 10.3. The molecule has 2 aliphatic rings. The van der Waals surface area contributed by atoms with E-state index in [1.165, 1.54) is 47.7 Å².